The van der Waals surface area contributed by atoms with E-state index in [9.17, 15) is 0 Å². The predicted molar refractivity (Wildman–Crippen MR) is 111 cm³/mol. The predicted octanol–water partition coefficient (Wildman–Crippen LogP) is 6.48. The van der Waals surface area contributed by atoms with E-state index in [4.69, 9.17) is 0 Å². The number of halogens is 1. The number of quaternary nitrogens is 1. The van der Waals surface area contributed by atoms with Gasteiger partial charge >= 0.3 is 0 Å². The molecule has 1 aliphatic rings. The summed E-state index contributed by atoms with van der Waals surface area (Å²) < 4.78 is 0.759. The molecular weight excluding hydrogens is 407 g/mol. The van der Waals surface area contributed by atoms with Crippen molar-refractivity contribution in [3.05, 3.63) is 84.4 Å². The summed E-state index contributed by atoms with van der Waals surface area (Å²) in [7, 11) is 0. The summed E-state index contributed by atoms with van der Waals surface area (Å²) in [4.78, 5) is 2.45. The summed E-state index contributed by atoms with van der Waals surface area (Å²) >= 11 is 2.61. The van der Waals surface area contributed by atoms with Crippen molar-refractivity contribution in [1.29, 1.82) is 0 Å². The Morgan fingerprint density at radius 3 is 2.08 bits per heavy atom. The first-order valence-corrected chi connectivity index (χ1v) is 9.19. The Kier molecular flexibility index (Phi) is 3.85. The molecule has 3 aromatic rings. The maximum absolute atomic E-state index is 2.61. The molecule has 0 aromatic heterocycles. The third-order valence-corrected chi connectivity index (χ3v) is 6.73. The highest BCUT2D eigenvalue weighted by Gasteiger charge is 2.50. The van der Waals surface area contributed by atoms with Gasteiger partial charge < -0.3 is 0 Å². The van der Waals surface area contributed by atoms with Gasteiger partial charge in [-0.1, -0.05) is 48.5 Å². The Hall–Kier alpha value is -1.85. The Morgan fingerprint density at radius 1 is 0.792 bits per heavy atom. The maximum atomic E-state index is 2.61. The Balaban J connectivity index is 1.96. The molecule has 24 heavy (non-hydrogen) atoms. The van der Waals surface area contributed by atoms with Crippen LogP contribution in [0.25, 0.3) is 0 Å². The van der Waals surface area contributed by atoms with Crippen LogP contribution in [0.1, 0.15) is 12.5 Å². The molecule has 0 bridgehead atoms. The molecule has 0 radical (unpaired) electrons. The number of aryl methyl sites for hydroxylation is 1. The smallest absolute Gasteiger partial charge is 0.262 e. The molecule has 0 spiro atoms. The van der Waals surface area contributed by atoms with Gasteiger partial charge in [-0.2, -0.15) is 2.70 Å². The average molecular weight is 427 g/mol. The van der Waals surface area contributed by atoms with Gasteiger partial charge in [-0.25, -0.2) is 0 Å². The van der Waals surface area contributed by atoms with Gasteiger partial charge in [0.15, 0.2) is 11.9 Å². The van der Waals surface area contributed by atoms with Gasteiger partial charge in [-0.3, -0.25) is 4.90 Å². The summed E-state index contributed by atoms with van der Waals surface area (Å²) in [5, 5.41) is 0. The number of benzene rings is 3. The number of nitrogens with zero attached hydrogens (tertiary/aromatic N) is 2. The monoisotopic (exact) mass is 427 g/mol. The standard InChI is InChI=1S/C21H20IN2/c1-16-10-6-8-14-20(16)24(22)17(2)23(18-11-4-3-5-12-18)19-13-7-9-15-21(19)24/h3-15,17H,1-2H3/q+1/t17-,24?/m1/s1. The van der Waals surface area contributed by atoms with Crippen molar-refractivity contribution < 1.29 is 0 Å². The highest BCUT2D eigenvalue weighted by atomic mass is 127. The molecule has 0 saturated heterocycles. The summed E-state index contributed by atoms with van der Waals surface area (Å²) in [5.41, 5.74) is 6.53. The molecule has 0 aliphatic carbocycles. The van der Waals surface area contributed by atoms with Crippen molar-refractivity contribution in [2.45, 2.75) is 20.0 Å². The Labute approximate surface area is 157 Å². The van der Waals surface area contributed by atoms with Crippen LogP contribution >= 0.6 is 22.9 Å². The molecule has 2 nitrogen and oxygen atoms in total. The average Bonchev–Trinajstić information content (AvgIpc) is 2.85. The van der Waals surface area contributed by atoms with E-state index in [1.807, 2.05) is 0 Å². The quantitative estimate of drug-likeness (QED) is 0.334. The van der Waals surface area contributed by atoms with Gasteiger partial charge in [-0.15, -0.1) is 0 Å². The van der Waals surface area contributed by atoms with Gasteiger partial charge in [0.25, 0.3) is 22.9 Å². The van der Waals surface area contributed by atoms with Crippen molar-refractivity contribution >= 4 is 45.6 Å². The summed E-state index contributed by atoms with van der Waals surface area (Å²) in [5.74, 6) is 0. The number of hydrogen-bond acceptors (Lipinski definition) is 1. The van der Waals surface area contributed by atoms with Gasteiger partial charge in [0.1, 0.15) is 11.4 Å². The van der Waals surface area contributed by atoms with E-state index in [0.29, 0.717) is 0 Å². The van der Waals surface area contributed by atoms with Crippen molar-refractivity contribution in [2.75, 3.05) is 4.90 Å². The first kappa shape index (κ1) is 15.7. The third kappa shape index (κ3) is 2.19. The normalized spacial score (nSPS) is 22.5. The van der Waals surface area contributed by atoms with E-state index in [1.54, 1.807) is 0 Å². The molecule has 1 heterocycles. The number of rotatable bonds is 2. The van der Waals surface area contributed by atoms with Crippen LogP contribution in [0.5, 0.6) is 0 Å². The van der Waals surface area contributed by atoms with Crippen molar-refractivity contribution in [3.63, 3.8) is 0 Å². The molecule has 0 amide bonds. The summed E-state index contributed by atoms with van der Waals surface area (Å²) in [6.45, 7) is 4.51. The largest absolute Gasteiger partial charge is 0.285 e. The molecule has 0 N–H and O–H groups in total. The molecule has 4 rings (SSSR count). The third-order valence-electron chi connectivity index (χ3n) is 4.88. The van der Waals surface area contributed by atoms with E-state index in [1.165, 1.54) is 28.3 Å². The number of fused-ring (bicyclic) bond motifs is 1. The van der Waals surface area contributed by atoms with E-state index in [2.05, 4.69) is 120 Å². The molecular formula is C21H20IN2+. The molecule has 2 atom stereocenters. The lowest BCUT2D eigenvalue weighted by Gasteiger charge is -2.34. The minimum absolute atomic E-state index is 0.270. The van der Waals surface area contributed by atoms with Crippen LogP contribution in [0, 0.1) is 6.92 Å². The second-order valence-corrected chi connectivity index (χ2v) is 7.77. The van der Waals surface area contributed by atoms with Gasteiger partial charge in [-0.05, 0) is 25.1 Å². The molecule has 120 valence electrons. The van der Waals surface area contributed by atoms with Crippen LogP contribution in [-0.4, -0.2) is 6.17 Å². The van der Waals surface area contributed by atoms with E-state index in [0.717, 1.165) is 2.70 Å². The van der Waals surface area contributed by atoms with Gasteiger partial charge in [0.05, 0.1) is 0 Å². The summed E-state index contributed by atoms with van der Waals surface area (Å²) in [6.07, 6.45) is 0.270. The molecule has 1 unspecified atom stereocenters. The zero-order chi connectivity index (χ0) is 16.7. The number of para-hydroxylation sites is 4. The molecule has 0 saturated carbocycles. The first-order valence-electron chi connectivity index (χ1n) is 8.22. The highest BCUT2D eigenvalue weighted by Crippen LogP contribution is 2.56. The fourth-order valence-electron chi connectivity index (χ4n) is 3.71. The van der Waals surface area contributed by atoms with Crippen LogP contribution in [0.2, 0.25) is 0 Å². The van der Waals surface area contributed by atoms with Gasteiger partial charge in [0.2, 0.25) is 0 Å². The molecule has 3 aromatic carbocycles. The second kappa shape index (κ2) is 5.90. The topological polar surface area (TPSA) is 3.24 Å². The zero-order valence-electron chi connectivity index (χ0n) is 13.9. The van der Waals surface area contributed by atoms with E-state index >= 15 is 0 Å². The molecule has 3 heteroatoms. The van der Waals surface area contributed by atoms with Crippen LogP contribution in [0.3, 0.4) is 0 Å². The Morgan fingerprint density at radius 2 is 1.38 bits per heavy atom. The van der Waals surface area contributed by atoms with Crippen LogP contribution in [0.4, 0.5) is 22.7 Å². The molecule has 0 fully saturated rings. The first-order chi connectivity index (χ1) is 11.6. The van der Waals surface area contributed by atoms with E-state index in [-0.39, 0.29) is 6.17 Å². The van der Waals surface area contributed by atoms with Crippen LogP contribution in [-0.2, 0) is 0 Å². The fourth-order valence-corrected chi connectivity index (χ4v) is 4.91. The minimum atomic E-state index is 0.270. The van der Waals surface area contributed by atoms with Crippen molar-refractivity contribution in [1.82, 2.24) is 2.70 Å². The minimum Gasteiger partial charge on any atom is -0.285 e. The lowest BCUT2D eigenvalue weighted by molar-refractivity contribution is 0.543. The van der Waals surface area contributed by atoms with Crippen LogP contribution in [0.15, 0.2) is 78.9 Å². The number of hydrogen-bond donors (Lipinski definition) is 0. The Bertz CT molecular complexity index is 878. The highest BCUT2D eigenvalue weighted by molar-refractivity contribution is 14.1. The SMILES string of the molecule is Cc1ccccc1[N+]1(I)c2ccccc2N(c2ccccc2)[C@H]1C. The lowest BCUT2D eigenvalue weighted by Crippen LogP contribution is -2.45. The fraction of sp³-hybridized carbons (Fsp3) is 0.143. The number of anilines is 2. The van der Waals surface area contributed by atoms with Crippen molar-refractivity contribution in [3.8, 4) is 0 Å². The maximum Gasteiger partial charge on any atom is 0.262 e. The van der Waals surface area contributed by atoms with Crippen molar-refractivity contribution in [2.24, 2.45) is 0 Å². The molecule has 1 aliphatic heterocycles. The van der Waals surface area contributed by atoms with E-state index < -0.39 is 0 Å². The lowest BCUT2D eigenvalue weighted by atomic mass is 10.1. The zero-order valence-corrected chi connectivity index (χ0v) is 16.0. The van der Waals surface area contributed by atoms with Gasteiger partial charge in [0, 0.05) is 30.3 Å². The second-order valence-electron chi connectivity index (χ2n) is 6.25. The summed E-state index contributed by atoms with van der Waals surface area (Å²) in [6, 6.07) is 28.2. The van der Waals surface area contributed by atoms with Crippen LogP contribution < -0.4 is 7.60 Å².